The molecule has 1 aliphatic rings. The first kappa shape index (κ1) is 20.2. The lowest BCUT2D eigenvalue weighted by Gasteiger charge is -2.33. The van der Waals surface area contributed by atoms with Gasteiger partial charge in [-0.15, -0.1) is 10.2 Å². The lowest BCUT2D eigenvalue weighted by molar-refractivity contribution is 0.102. The molecular formula is C27H26N4O. The van der Waals surface area contributed by atoms with Gasteiger partial charge in [0.2, 0.25) is 0 Å². The number of nitrogens with one attached hydrogen (secondary N) is 1. The third-order valence-electron chi connectivity index (χ3n) is 6.20. The highest BCUT2D eigenvalue weighted by atomic mass is 16.1. The van der Waals surface area contributed by atoms with Gasteiger partial charge in [0, 0.05) is 29.5 Å². The van der Waals surface area contributed by atoms with E-state index in [1.54, 1.807) is 0 Å². The molecule has 3 aromatic carbocycles. The number of hydrogen-bond acceptors (Lipinski definition) is 4. The van der Waals surface area contributed by atoms with Gasteiger partial charge in [-0.1, -0.05) is 72.8 Å². The smallest absolute Gasteiger partial charge is 0.276 e. The summed E-state index contributed by atoms with van der Waals surface area (Å²) in [5, 5.41) is 13.6. The fourth-order valence-corrected chi connectivity index (χ4v) is 4.50. The molecule has 0 bridgehead atoms. The Bertz CT molecular complexity index is 1200. The Morgan fingerprint density at radius 3 is 2.16 bits per heavy atom. The van der Waals surface area contributed by atoms with Gasteiger partial charge in [-0.3, -0.25) is 4.79 Å². The minimum absolute atomic E-state index is 0.243. The standard InChI is InChI=1S/C27H26N4O/c32-27(28-22-11-5-2-6-12-22)25-23-13-7-8-14-24(23)26(30-29-25)31-17-15-21(16-18-31)19-20-9-3-1-4-10-20/h1-14,21H,15-19H2,(H,28,32). The molecule has 5 heteroatoms. The number of hydrogen-bond donors (Lipinski definition) is 1. The predicted molar refractivity (Wildman–Crippen MR) is 129 cm³/mol. The lowest BCUT2D eigenvalue weighted by Crippen LogP contribution is -2.35. The van der Waals surface area contributed by atoms with E-state index in [1.807, 2.05) is 54.6 Å². The number of para-hydroxylation sites is 1. The molecule has 0 saturated carbocycles. The van der Waals surface area contributed by atoms with Crippen molar-refractivity contribution in [3.8, 4) is 0 Å². The van der Waals surface area contributed by atoms with Crippen molar-refractivity contribution in [1.82, 2.24) is 10.2 Å². The summed E-state index contributed by atoms with van der Waals surface area (Å²) in [4.78, 5) is 15.2. The second-order valence-corrected chi connectivity index (χ2v) is 8.36. The molecule has 32 heavy (non-hydrogen) atoms. The molecule has 0 unspecified atom stereocenters. The summed E-state index contributed by atoms with van der Waals surface area (Å²) in [6.45, 7) is 1.90. The van der Waals surface area contributed by atoms with Gasteiger partial charge in [-0.05, 0) is 42.9 Å². The van der Waals surface area contributed by atoms with Crippen molar-refractivity contribution >= 4 is 28.2 Å². The second kappa shape index (κ2) is 9.18. The van der Waals surface area contributed by atoms with Crippen molar-refractivity contribution < 1.29 is 4.79 Å². The van der Waals surface area contributed by atoms with Crippen LogP contribution in [0.3, 0.4) is 0 Å². The molecule has 1 N–H and O–H groups in total. The van der Waals surface area contributed by atoms with Crippen LogP contribution in [0.2, 0.25) is 0 Å². The van der Waals surface area contributed by atoms with Crippen LogP contribution in [0.4, 0.5) is 11.5 Å². The van der Waals surface area contributed by atoms with Crippen LogP contribution in [0.5, 0.6) is 0 Å². The van der Waals surface area contributed by atoms with Crippen LogP contribution in [-0.4, -0.2) is 29.2 Å². The lowest BCUT2D eigenvalue weighted by atomic mass is 9.90. The Balaban J connectivity index is 1.34. The highest BCUT2D eigenvalue weighted by Crippen LogP contribution is 2.30. The Morgan fingerprint density at radius 1 is 0.812 bits per heavy atom. The zero-order valence-corrected chi connectivity index (χ0v) is 17.9. The number of amides is 1. The van der Waals surface area contributed by atoms with Crippen molar-refractivity contribution in [1.29, 1.82) is 0 Å². The number of piperidine rings is 1. The molecule has 0 atom stereocenters. The third-order valence-corrected chi connectivity index (χ3v) is 6.20. The molecule has 0 spiro atoms. The van der Waals surface area contributed by atoms with Gasteiger partial charge in [-0.2, -0.15) is 0 Å². The molecule has 1 aromatic heterocycles. The second-order valence-electron chi connectivity index (χ2n) is 8.36. The van der Waals surface area contributed by atoms with Crippen molar-refractivity contribution in [3.05, 3.63) is 96.2 Å². The summed E-state index contributed by atoms with van der Waals surface area (Å²) in [5.74, 6) is 1.31. The van der Waals surface area contributed by atoms with Gasteiger partial charge in [0.15, 0.2) is 11.5 Å². The Kier molecular flexibility index (Phi) is 5.79. The quantitative estimate of drug-likeness (QED) is 0.472. The molecule has 5 nitrogen and oxygen atoms in total. The number of anilines is 2. The average molecular weight is 423 g/mol. The van der Waals surface area contributed by atoms with Crippen molar-refractivity contribution in [3.63, 3.8) is 0 Å². The van der Waals surface area contributed by atoms with E-state index in [2.05, 4.69) is 50.7 Å². The van der Waals surface area contributed by atoms with Gasteiger partial charge in [0.1, 0.15) is 0 Å². The Hall–Kier alpha value is -3.73. The third kappa shape index (κ3) is 4.33. The number of benzene rings is 3. The van der Waals surface area contributed by atoms with Crippen LogP contribution in [0.15, 0.2) is 84.9 Å². The van der Waals surface area contributed by atoms with Crippen LogP contribution < -0.4 is 10.2 Å². The summed E-state index contributed by atoms with van der Waals surface area (Å²) >= 11 is 0. The Labute approximate surface area is 188 Å². The number of nitrogens with zero attached hydrogens (tertiary/aromatic N) is 3. The van der Waals surface area contributed by atoms with Crippen LogP contribution in [-0.2, 0) is 6.42 Å². The first-order valence-electron chi connectivity index (χ1n) is 11.2. The van der Waals surface area contributed by atoms with Crippen molar-refractivity contribution in [2.45, 2.75) is 19.3 Å². The van der Waals surface area contributed by atoms with Crippen molar-refractivity contribution in [2.75, 3.05) is 23.3 Å². The maximum atomic E-state index is 12.9. The van der Waals surface area contributed by atoms with E-state index >= 15 is 0 Å². The number of carbonyl (C=O) groups excluding carboxylic acids is 1. The fourth-order valence-electron chi connectivity index (χ4n) is 4.50. The molecule has 160 valence electrons. The van der Waals surface area contributed by atoms with Gasteiger partial charge >= 0.3 is 0 Å². The topological polar surface area (TPSA) is 58.1 Å². The molecule has 5 rings (SSSR count). The number of fused-ring (bicyclic) bond motifs is 1. The molecule has 1 aliphatic heterocycles. The first-order chi connectivity index (χ1) is 15.8. The SMILES string of the molecule is O=C(Nc1ccccc1)c1nnc(N2CCC(Cc3ccccc3)CC2)c2ccccc12. The molecule has 0 aliphatic carbocycles. The van der Waals surface area contributed by atoms with E-state index in [-0.39, 0.29) is 5.91 Å². The van der Waals surface area contributed by atoms with Gasteiger partial charge in [0.05, 0.1) is 0 Å². The molecular weight excluding hydrogens is 396 g/mol. The molecule has 1 fully saturated rings. The monoisotopic (exact) mass is 422 g/mol. The van der Waals surface area contributed by atoms with Crippen molar-refractivity contribution in [2.24, 2.45) is 5.92 Å². The molecule has 2 heterocycles. The van der Waals surface area contributed by atoms with Gasteiger partial charge in [0.25, 0.3) is 5.91 Å². The van der Waals surface area contributed by atoms with E-state index in [4.69, 9.17) is 0 Å². The first-order valence-corrected chi connectivity index (χ1v) is 11.2. The number of carbonyl (C=O) groups is 1. The average Bonchev–Trinajstić information content (AvgIpc) is 2.85. The van der Waals surface area contributed by atoms with E-state index in [0.29, 0.717) is 11.6 Å². The molecule has 0 radical (unpaired) electrons. The van der Waals surface area contributed by atoms with Crippen LogP contribution in [0.25, 0.3) is 10.8 Å². The zero-order valence-electron chi connectivity index (χ0n) is 17.9. The molecule has 1 saturated heterocycles. The zero-order chi connectivity index (χ0) is 21.8. The summed E-state index contributed by atoms with van der Waals surface area (Å²) in [6.07, 6.45) is 3.38. The highest BCUT2D eigenvalue weighted by molar-refractivity contribution is 6.12. The van der Waals surface area contributed by atoms with Crippen LogP contribution in [0, 0.1) is 5.92 Å². The molecule has 4 aromatic rings. The minimum atomic E-state index is -0.243. The summed E-state index contributed by atoms with van der Waals surface area (Å²) < 4.78 is 0. The van der Waals surface area contributed by atoms with E-state index in [9.17, 15) is 4.79 Å². The van der Waals surface area contributed by atoms with Crippen LogP contribution >= 0.6 is 0 Å². The van der Waals surface area contributed by atoms with E-state index in [1.165, 1.54) is 5.56 Å². The van der Waals surface area contributed by atoms with Crippen LogP contribution in [0.1, 0.15) is 28.9 Å². The maximum Gasteiger partial charge on any atom is 0.276 e. The summed E-state index contributed by atoms with van der Waals surface area (Å²) in [7, 11) is 0. The Morgan fingerprint density at radius 2 is 1.44 bits per heavy atom. The summed E-state index contributed by atoms with van der Waals surface area (Å²) in [5.41, 5.74) is 2.50. The van der Waals surface area contributed by atoms with Gasteiger partial charge in [-0.25, -0.2) is 0 Å². The predicted octanol–water partition coefficient (Wildman–Crippen LogP) is 5.34. The van der Waals surface area contributed by atoms with E-state index in [0.717, 1.165) is 54.6 Å². The largest absolute Gasteiger partial charge is 0.355 e. The normalized spacial score (nSPS) is 14.4. The number of rotatable bonds is 5. The minimum Gasteiger partial charge on any atom is -0.355 e. The van der Waals surface area contributed by atoms with Gasteiger partial charge < -0.3 is 10.2 Å². The summed E-state index contributed by atoms with van der Waals surface area (Å²) in [6, 6.07) is 28.1. The molecule has 1 amide bonds. The van der Waals surface area contributed by atoms with E-state index < -0.39 is 0 Å². The number of aromatic nitrogens is 2. The maximum absolute atomic E-state index is 12.9. The highest BCUT2D eigenvalue weighted by Gasteiger charge is 2.24. The fraction of sp³-hybridized carbons (Fsp3) is 0.222.